The lowest BCUT2D eigenvalue weighted by atomic mass is 10.1. The van der Waals surface area contributed by atoms with Gasteiger partial charge in [0, 0.05) is 38.3 Å². The van der Waals surface area contributed by atoms with Gasteiger partial charge in [0.05, 0.1) is 13.7 Å². The Morgan fingerprint density at radius 2 is 1.96 bits per heavy atom. The maximum atomic E-state index is 12.8. The molecule has 0 saturated carbocycles. The van der Waals surface area contributed by atoms with Crippen molar-refractivity contribution in [2.45, 2.75) is 19.8 Å². The van der Waals surface area contributed by atoms with Gasteiger partial charge >= 0.3 is 0 Å². The Labute approximate surface area is 167 Å². The van der Waals surface area contributed by atoms with E-state index in [0.29, 0.717) is 56.4 Å². The summed E-state index contributed by atoms with van der Waals surface area (Å²) in [4.78, 5) is 28.6. The number of benzene rings is 1. The summed E-state index contributed by atoms with van der Waals surface area (Å²) < 4.78 is 10.9. The standard InChI is InChI=1S/C21H31N3O4/c1-4-6-9-22-20(25)16-23-10-12-24(13-11-23)21(26)17-7-8-18(28-14-5-2)19(15-17)27-3/h5,7-8,15H,2,4,6,9-14,16H2,1,3H3,(H,22,25). The van der Waals surface area contributed by atoms with Crippen LogP contribution in [0, 0.1) is 0 Å². The first kappa shape index (κ1) is 21.8. The Morgan fingerprint density at radius 1 is 1.21 bits per heavy atom. The van der Waals surface area contributed by atoms with Gasteiger partial charge in [-0.15, -0.1) is 0 Å². The molecule has 2 rings (SSSR count). The fraction of sp³-hybridized carbons (Fsp3) is 0.524. The first-order valence-electron chi connectivity index (χ1n) is 9.79. The molecule has 0 spiro atoms. The number of ether oxygens (including phenoxy) is 2. The van der Waals surface area contributed by atoms with Crippen molar-refractivity contribution in [2.75, 3.05) is 53.0 Å². The van der Waals surface area contributed by atoms with E-state index in [9.17, 15) is 9.59 Å². The molecule has 1 aromatic rings. The molecule has 0 aliphatic carbocycles. The predicted molar refractivity (Wildman–Crippen MR) is 109 cm³/mol. The van der Waals surface area contributed by atoms with Gasteiger partial charge in [0.25, 0.3) is 5.91 Å². The zero-order chi connectivity index (χ0) is 20.4. The molecular weight excluding hydrogens is 358 g/mol. The van der Waals surface area contributed by atoms with Crippen molar-refractivity contribution < 1.29 is 19.1 Å². The van der Waals surface area contributed by atoms with Crippen LogP contribution in [-0.2, 0) is 4.79 Å². The molecule has 1 heterocycles. The van der Waals surface area contributed by atoms with E-state index in [1.165, 1.54) is 0 Å². The number of nitrogens with one attached hydrogen (secondary N) is 1. The van der Waals surface area contributed by atoms with Crippen molar-refractivity contribution in [2.24, 2.45) is 0 Å². The number of nitrogens with zero attached hydrogens (tertiary/aromatic N) is 2. The number of piperazine rings is 1. The SMILES string of the molecule is C=CCOc1ccc(C(=O)N2CCN(CC(=O)NCCCC)CC2)cc1OC. The van der Waals surface area contributed by atoms with Crippen molar-refractivity contribution in [3.8, 4) is 11.5 Å². The Kier molecular flexibility index (Phi) is 8.81. The molecule has 1 aliphatic rings. The molecule has 7 heteroatoms. The highest BCUT2D eigenvalue weighted by Gasteiger charge is 2.24. The molecule has 2 amide bonds. The molecule has 0 radical (unpaired) electrons. The van der Waals surface area contributed by atoms with E-state index in [1.807, 2.05) is 4.90 Å². The van der Waals surface area contributed by atoms with Crippen LogP contribution in [0.5, 0.6) is 11.5 Å². The number of hydrogen-bond donors (Lipinski definition) is 1. The Morgan fingerprint density at radius 3 is 2.61 bits per heavy atom. The van der Waals surface area contributed by atoms with Crippen LogP contribution in [0.15, 0.2) is 30.9 Å². The average molecular weight is 389 g/mol. The number of rotatable bonds is 10. The molecule has 28 heavy (non-hydrogen) atoms. The number of carbonyl (C=O) groups is 2. The number of methoxy groups -OCH3 is 1. The van der Waals surface area contributed by atoms with E-state index < -0.39 is 0 Å². The van der Waals surface area contributed by atoms with Gasteiger partial charge in [-0.2, -0.15) is 0 Å². The fourth-order valence-electron chi connectivity index (χ4n) is 3.02. The first-order valence-corrected chi connectivity index (χ1v) is 9.79. The number of hydrogen-bond acceptors (Lipinski definition) is 5. The molecule has 1 saturated heterocycles. The second-order valence-electron chi connectivity index (χ2n) is 6.74. The topological polar surface area (TPSA) is 71.1 Å². The Bertz CT molecular complexity index is 670. The van der Waals surface area contributed by atoms with Gasteiger partial charge in [0.2, 0.25) is 5.91 Å². The smallest absolute Gasteiger partial charge is 0.254 e. The summed E-state index contributed by atoms with van der Waals surface area (Å²) in [6.45, 7) is 9.76. The molecule has 1 aliphatic heterocycles. The van der Waals surface area contributed by atoms with Crippen molar-refractivity contribution in [3.05, 3.63) is 36.4 Å². The lowest BCUT2D eigenvalue weighted by molar-refractivity contribution is -0.122. The van der Waals surface area contributed by atoms with Gasteiger partial charge in [0.1, 0.15) is 6.61 Å². The van der Waals surface area contributed by atoms with Gasteiger partial charge in [-0.3, -0.25) is 14.5 Å². The molecule has 1 N–H and O–H groups in total. The van der Waals surface area contributed by atoms with Gasteiger partial charge in [-0.25, -0.2) is 0 Å². The maximum absolute atomic E-state index is 12.8. The van der Waals surface area contributed by atoms with Crippen LogP contribution < -0.4 is 14.8 Å². The molecular formula is C21H31N3O4. The third-order valence-corrected chi connectivity index (χ3v) is 4.65. The minimum absolute atomic E-state index is 0.0411. The highest BCUT2D eigenvalue weighted by Crippen LogP contribution is 2.28. The predicted octanol–water partition coefficient (Wildman–Crippen LogP) is 1.93. The second-order valence-corrected chi connectivity index (χ2v) is 6.74. The molecule has 0 atom stereocenters. The maximum Gasteiger partial charge on any atom is 0.254 e. The molecule has 7 nitrogen and oxygen atoms in total. The van der Waals surface area contributed by atoms with Gasteiger partial charge in [-0.1, -0.05) is 26.0 Å². The molecule has 154 valence electrons. The lowest BCUT2D eigenvalue weighted by Crippen LogP contribution is -2.51. The van der Waals surface area contributed by atoms with Gasteiger partial charge < -0.3 is 19.7 Å². The zero-order valence-electron chi connectivity index (χ0n) is 16.9. The van der Waals surface area contributed by atoms with E-state index in [-0.39, 0.29) is 11.8 Å². The third kappa shape index (κ3) is 6.27. The van der Waals surface area contributed by atoms with Crippen LogP contribution in [0.25, 0.3) is 0 Å². The largest absolute Gasteiger partial charge is 0.493 e. The summed E-state index contributed by atoms with van der Waals surface area (Å²) in [6.07, 6.45) is 3.71. The lowest BCUT2D eigenvalue weighted by Gasteiger charge is -2.34. The average Bonchev–Trinajstić information content (AvgIpc) is 2.72. The summed E-state index contributed by atoms with van der Waals surface area (Å²) in [7, 11) is 1.55. The number of amides is 2. The van der Waals surface area contributed by atoms with Crippen LogP contribution in [0.1, 0.15) is 30.1 Å². The minimum atomic E-state index is -0.0411. The van der Waals surface area contributed by atoms with Crippen molar-refractivity contribution in [1.29, 1.82) is 0 Å². The molecule has 1 aromatic carbocycles. The summed E-state index contributed by atoms with van der Waals surface area (Å²) in [5.74, 6) is 1.11. The summed E-state index contributed by atoms with van der Waals surface area (Å²) >= 11 is 0. The number of unbranched alkanes of at least 4 members (excludes halogenated alkanes) is 1. The highest BCUT2D eigenvalue weighted by atomic mass is 16.5. The van der Waals surface area contributed by atoms with Crippen LogP contribution in [0.4, 0.5) is 0 Å². The summed E-state index contributed by atoms with van der Waals surface area (Å²) in [6, 6.07) is 5.19. The van der Waals surface area contributed by atoms with E-state index in [1.54, 1.807) is 31.4 Å². The third-order valence-electron chi connectivity index (χ3n) is 4.65. The van der Waals surface area contributed by atoms with Crippen LogP contribution >= 0.6 is 0 Å². The number of carbonyl (C=O) groups excluding carboxylic acids is 2. The summed E-state index contributed by atoms with van der Waals surface area (Å²) in [5, 5.41) is 2.93. The van der Waals surface area contributed by atoms with E-state index in [4.69, 9.17) is 9.47 Å². The fourth-order valence-corrected chi connectivity index (χ4v) is 3.02. The second kappa shape index (κ2) is 11.3. The van der Waals surface area contributed by atoms with Crippen molar-refractivity contribution in [3.63, 3.8) is 0 Å². The molecule has 1 fully saturated rings. The minimum Gasteiger partial charge on any atom is -0.493 e. The summed E-state index contributed by atoms with van der Waals surface area (Å²) in [5.41, 5.74) is 0.563. The van der Waals surface area contributed by atoms with Crippen molar-refractivity contribution in [1.82, 2.24) is 15.1 Å². The molecule has 0 aromatic heterocycles. The van der Waals surface area contributed by atoms with Crippen LogP contribution in [-0.4, -0.2) is 74.6 Å². The molecule has 0 bridgehead atoms. The normalized spacial score (nSPS) is 14.4. The Balaban J connectivity index is 1.87. The van der Waals surface area contributed by atoms with Gasteiger partial charge in [-0.05, 0) is 24.6 Å². The van der Waals surface area contributed by atoms with Crippen molar-refractivity contribution >= 4 is 11.8 Å². The first-order chi connectivity index (χ1) is 13.6. The zero-order valence-corrected chi connectivity index (χ0v) is 16.9. The van der Waals surface area contributed by atoms with Crippen LogP contribution in [0.2, 0.25) is 0 Å². The molecule has 0 unspecified atom stereocenters. The van der Waals surface area contributed by atoms with Gasteiger partial charge in [0.15, 0.2) is 11.5 Å². The van der Waals surface area contributed by atoms with Crippen LogP contribution in [0.3, 0.4) is 0 Å². The quantitative estimate of drug-likeness (QED) is 0.489. The monoisotopic (exact) mass is 389 g/mol. The highest BCUT2D eigenvalue weighted by molar-refractivity contribution is 5.95. The van der Waals surface area contributed by atoms with E-state index in [2.05, 4.69) is 23.7 Å². The van der Waals surface area contributed by atoms with E-state index >= 15 is 0 Å². The Hall–Kier alpha value is -2.54. The van der Waals surface area contributed by atoms with E-state index in [0.717, 1.165) is 19.4 Å².